The number of carbonyl (C=O) groups is 1. The van der Waals surface area contributed by atoms with Crippen molar-refractivity contribution in [2.24, 2.45) is 11.3 Å². The molecule has 1 saturated heterocycles. The number of amides is 1. The largest absolute Gasteiger partial charge is 0.379 e. The minimum Gasteiger partial charge on any atom is -0.379 e. The first-order chi connectivity index (χ1) is 8.41. The Hall–Kier alpha value is -0.220. The molecule has 1 unspecified atom stereocenters. The van der Waals surface area contributed by atoms with Crippen LogP contribution in [0.15, 0.2) is 0 Å². The van der Waals surface area contributed by atoms with Crippen LogP contribution in [0.2, 0.25) is 0 Å². The molecule has 2 N–H and O–H groups in total. The smallest absolute Gasteiger partial charge is 0.252 e. The van der Waals surface area contributed by atoms with Crippen molar-refractivity contribution in [3.05, 3.63) is 0 Å². The van der Waals surface area contributed by atoms with E-state index in [0.717, 1.165) is 12.3 Å². The summed E-state index contributed by atoms with van der Waals surface area (Å²) in [5.74, 6) is 1.88. The zero-order valence-electron chi connectivity index (χ0n) is 11.5. The van der Waals surface area contributed by atoms with Gasteiger partial charge in [0.2, 0.25) is 0 Å². The Bertz CT molecular complexity index is 301. The zero-order chi connectivity index (χ0) is 13.2. The Morgan fingerprint density at radius 3 is 2.56 bits per heavy atom. The van der Waals surface area contributed by atoms with E-state index >= 15 is 0 Å². The van der Waals surface area contributed by atoms with E-state index in [0.29, 0.717) is 23.5 Å². The van der Waals surface area contributed by atoms with Crippen molar-refractivity contribution in [3.63, 3.8) is 0 Å². The number of thioether (sulfide) groups is 1. The lowest BCUT2D eigenvalue weighted by atomic mass is 9.73. The quantitative estimate of drug-likeness (QED) is 0.827. The molecule has 0 aromatic carbocycles. The van der Waals surface area contributed by atoms with E-state index in [1.807, 2.05) is 0 Å². The highest BCUT2D eigenvalue weighted by Crippen LogP contribution is 2.37. The molecule has 3 nitrogen and oxygen atoms in total. The topological polar surface area (TPSA) is 49.3 Å². The van der Waals surface area contributed by atoms with E-state index in [4.69, 9.17) is 0 Å². The summed E-state index contributed by atoms with van der Waals surface area (Å²) in [6.07, 6.45) is 5.48. The van der Waals surface area contributed by atoms with Crippen molar-refractivity contribution >= 4 is 17.7 Å². The van der Waals surface area contributed by atoms with Crippen LogP contribution in [0.1, 0.15) is 46.0 Å². The van der Waals surface area contributed by atoms with Crippen LogP contribution in [0.3, 0.4) is 0 Å². The van der Waals surface area contributed by atoms with Gasteiger partial charge in [-0.15, -0.1) is 0 Å². The summed E-state index contributed by atoms with van der Waals surface area (Å²) in [4.78, 5) is 12.0. The molecule has 1 aliphatic carbocycles. The minimum absolute atomic E-state index is 0.155. The van der Waals surface area contributed by atoms with Gasteiger partial charge in [0.1, 0.15) is 0 Å². The Morgan fingerprint density at radius 1 is 1.33 bits per heavy atom. The maximum absolute atomic E-state index is 12.0. The Morgan fingerprint density at radius 2 is 2.00 bits per heavy atom. The Balaban J connectivity index is 1.74. The van der Waals surface area contributed by atoms with E-state index in [-0.39, 0.29) is 5.91 Å². The molecular formula is C14H25NO2S. The second kappa shape index (κ2) is 5.41. The van der Waals surface area contributed by atoms with Crippen LogP contribution in [0, 0.1) is 11.3 Å². The summed E-state index contributed by atoms with van der Waals surface area (Å²) >= 11 is 1.66. The van der Waals surface area contributed by atoms with Gasteiger partial charge >= 0.3 is 0 Å². The van der Waals surface area contributed by atoms with Crippen molar-refractivity contribution in [2.45, 2.75) is 51.6 Å². The summed E-state index contributed by atoms with van der Waals surface area (Å²) in [5, 5.41) is 13.1. The van der Waals surface area contributed by atoms with Crippen LogP contribution in [0.4, 0.5) is 0 Å². The normalized spacial score (nSPS) is 32.4. The maximum Gasteiger partial charge on any atom is 0.252 e. The second-order valence-corrected chi connectivity index (χ2v) is 7.76. The van der Waals surface area contributed by atoms with E-state index < -0.39 is 5.60 Å². The third-order valence-corrected chi connectivity index (χ3v) is 5.61. The van der Waals surface area contributed by atoms with Crippen LogP contribution in [0.25, 0.3) is 0 Å². The highest BCUT2D eigenvalue weighted by molar-refractivity contribution is 7.99. The fourth-order valence-corrected chi connectivity index (χ4v) is 4.04. The predicted octanol–water partition coefficient (Wildman–Crippen LogP) is 2.19. The van der Waals surface area contributed by atoms with Crippen LogP contribution in [0.5, 0.6) is 0 Å². The molecule has 0 radical (unpaired) electrons. The lowest BCUT2D eigenvalue weighted by Gasteiger charge is -2.34. The summed E-state index contributed by atoms with van der Waals surface area (Å²) in [6, 6.07) is 0. The lowest BCUT2D eigenvalue weighted by molar-refractivity contribution is -0.137. The van der Waals surface area contributed by atoms with E-state index in [1.165, 1.54) is 25.7 Å². The number of carbonyl (C=O) groups excluding carboxylic acids is 1. The van der Waals surface area contributed by atoms with Crippen LogP contribution >= 0.6 is 11.8 Å². The molecule has 0 aromatic rings. The predicted molar refractivity (Wildman–Crippen MR) is 75.6 cm³/mol. The third kappa shape index (κ3) is 3.41. The van der Waals surface area contributed by atoms with Crippen molar-refractivity contribution in [1.29, 1.82) is 0 Å². The van der Waals surface area contributed by atoms with E-state index in [1.54, 1.807) is 11.8 Å². The molecule has 0 spiro atoms. The zero-order valence-corrected chi connectivity index (χ0v) is 12.3. The standard InChI is InChI=1S/C14H25NO2S/c1-13(2)5-3-11(4-6-13)9-15-12(16)14(17)7-8-18-10-14/h11,17H,3-10H2,1-2H3,(H,15,16). The van der Waals surface area contributed by atoms with Gasteiger partial charge < -0.3 is 10.4 Å². The van der Waals surface area contributed by atoms with Crippen LogP contribution in [-0.2, 0) is 4.79 Å². The van der Waals surface area contributed by atoms with Crippen molar-refractivity contribution < 1.29 is 9.90 Å². The summed E-state index contributed by atoms with van der Waals surface area (Å²) in [7, 11) is 0. The molecular weight excluding hydrogens is 246 g/mol. The van der Waals surface area contributed by atoms with Gasteiger partial charge in [-0.2, -0.15) is 11.8 Å². The van der Waals surface area contributed by atoms with E-state index in [9.17, 15) is 9.90 Å². The van der Waals surface area contributed by atoms with Crippen molar-refractivity contribution in [3.8, 4) is 0 Å². The maximum atomic E-state index is 12.0. The second-order valence-electron chi connectivity index (χ2n) is 6.65. The molecule has 1 heterocycles. The van der Waals surface area contributed by atoms with Gasteiger partial charge in [0.15, 0.2) is 5.60 Å². The first-order valence-corrected chi connectivity index (χ1v) is 8.15. The highest BCUT2D eigenvalue weighted by atomic mass is 32.2. The molecule has 2 aliphatic rings. The number of hydrogen-bond donors (Lipinski definition) is 2. The Kier molecular flexibility index (Phi) is 4.27. The molecule has 0 bridgehead atoms. The van der Waals surface area contributed by atoms with Crippen LogP contribution in [-0.4, -0.2) is 34.7 Å². The van der Waals surface area contributed by atoms with Gasteiger partial charge in [-0.1, -0.05) is 13.8 Å². The first-order valence-electron chi connectivity index (χ1n) is 7.00. The summed E-state index contributed by atoms with van der Waals surface area (Å²) < 4.78 is 0. The van der Waals surface area contributed by atoms with Crippen molar-refractivity contribution in [1.82, 2.24) is 5.32 Å². The van der Waals surface area contributed by atoms with Gasteiger partial charge in [0.05, 0.1) is 0 Å². The van der Waals surface area contributed by atoms with E-state index in [2.05, 4.69) is 19.2 Å². The number of hydrogen-bond acceptors (Lipinski definition) is 3. The van der Waals surface area contributed by atoms with Gasteiger partial charge in [0.25, 0.3) is 5.91 Å². The van der Waals surface area contributed by atoms with Gasteiger partial charge in [-0.3, -0.25) is 4.79 Å². The first kappa shape index (κ1) is 14.2. The number of aliphatic hydroxyl groups is 1. The average Bonchev–Trinajstić information content (AvgIpc) is 2.76. The SMILES string of the molecule is CC1(C)CCC(CNC(=O)C2(O)CCSC2)CC1. The third-order valence-electron chi connectivity index (χ3n) is 4.43. The fraction of sp³-hybridized carbons (Fsp3) is 0.929. The lowest BCUT2D eigenvalue weighted by Crippen LogP contribution is -2.48. The summed E-state index contributed by atoms with van der Waals surface area (Å²) in [6.45, 7) is 5.38. The molecule has 1 saturated carbocycles. The molecule has 2 fully saturated rings. The molecule has 1 atom stereocenters. The minimum atomic E-state index is -1.10. The van der Waals surface area contributed by atoms with Crippen LogP contribution < -0.4 is 5.32 Å². The molecule has 2 rings (SSSR count). The highest BCUT2D eigenvalue weighted by Gasteiger charge is 2.39. The van der Waals surface area contributed by atoms with Gasteiger partial charge in [-0.05, 0) is 49.2 Å². The summed E-state index contributed by atoms with van der Waals surface area (Å²) in [5.41, 5.74) is -0.626. The molecule has 1 amide bonds. The number of rotatable bonds is 3. The molecule has 1 aliphatic heterocycles. The Labute approximate surface area is 114 Å². The van der Waals surface area contributed by atoms with Crippen molar-refractivity contribution in [2.75, 3.05) is 18.1 Å². The number of nitrogens with one attached hydrogen (secondary N) is 1. The molecule has 0 aromatic heterocycles. The fourth-order valence-electron chi connectivity index (χ4n) is 2.80. The molecule has 4 heteroatoms. The van der Waals surface area contributed by atoms with Gasteiger partial charge in [0, 0.05) is 12.3 Å². The van der Waals surface area contributed by atoms with Gasteiger partial charge in [-0.25, -0.2) is 0 Å². The molecule has 18 heavy (non-hydrogen) atoms. The molecule has 104 valence electrons. The average molecular weight is 271 g/mol. The monoisotopic (exact) mass is 271 g/mol.